The van der Waals surface area contributed by atoms with Crippen molar-refractivity contribution in [3.05, 3.63) is 15.6 Å². The van der Waals surface area contributed by atoms with Gasteiger partial charge < -0.3 is 10.1 Å². The SMILES string of the molecule is CCOC1(C(Cc2nc(C)c(C)s2)NC)CCCCC1. The minimum atomic E-state index is 0.00916. The maximum Gasteiger partial charge on any atom is 0.0947 e. The van der Waals surface area contributed by atoms with Crippen LogP contribution in [0.25, 0.3) is 0 Å². The molecule has 0 radical (unpaired) electrons. The Hall–Kier alpha value is -0.450. The van der Waals surface area contributed by atoms with Gasteiger partial charge in [-0.2, -0.15) is 0 Å². The smallest absolute Gasteiger partial charge is 0.0947 e. The summed E-state index contributed by atoms with van der Waals surface area (Å²) in [6, 6.07) is 0.368. The van der Waals surface area contributed by atoms with E-state index in [1.807, 2.05) is 11.3 Å². The second-order valence-corrected chi connectivity index (χ2v) is 7.14. The van der Waals surface area contributed by atoms with Crippen molar-refractivity contribution < 1.29 is 4.74 Å². The maximum absolute atomic E-state index is 6.25. The number of thiazole rings is 1. The van der Waals surface area contributed by atoms with Gasteiger partial charge in [-0.1, -0.05) is 19.3 Å². The average molecular weight is 296 g/mol. The zero-order chi connectivity index (χ0) is 14.6. The molecule has 0 aliphatic heterocycles. The van der Waals surface area contributed by atoms with Crippen LogP contribution in [0.4, 0.5) is 0 Å². The zero-order valence-corrected chi connectivity index (χ0v) is 14.1. The average Bonchev–Trinajstić information content (AvgIpc) is 2.76. The number of aromatic nitrogens is 1. The number of aryl methyl sites for hydroxylation is 2. The van der Waals surface area contributed by atoms with Crippen molar-refractivity contribution in [3.63, 3.8) is 0 Å². The first-order valence-corrected chi connectivity index (χ1v) is 8.67. The summed E-state index contributed by atoms with van der Waals surface area (Å²) in [5.41, 5.74) is 1.18. The minimum Gasteiger partial charge on any atom is -0.374 e. The molecule has 1 aliphatic carbocycles. The van der Waals surface area contributed by atoms with Gasteiger partial charge in [-0.3, -0.25) is 0 Å². The Kier molecular flexibility index (Phi) is 5.58. The molecule has 1 atom stereocenters. The molecule has 0 saturated heterocycles. The molecule has 1 fully saturated rings. The van der Waals surface area contributed by atoms with Gasteiger partial charge in [0, 0.05) is 23.9 Å². The topological polar surface area (TPSA) is 34.1 Å². The van der Waals surface area contributed by atoms with Crippen molar-refractivity contribution in [2.24, 2.45) is 0 Å². The highest BCUT2D eigenvalue weighted by Gasteiger charge is 2.40. The highest BCUT2D eigenvalue weighted by atomic mass is 32.1. The first-order valence-electron chi connectivity index (χ1n) is 7.85. The summed E-state index contributed by atoms with van der Waals surface area (Å²) < 4.78 is 6.25. The Morgan fingerprint density at radius 2 is 2.00 bits per heavy atom. The Balaban J connectivity index is 2.15. The van der Waals surface area contributed by atoms with Crippen LogP contribution in [0.5, 0.6) is 0 Å². The van der Waals surface area contributed by atoms with E-state index in [9.17, 15) is 0 Å². The summed E-state index contributed by atoms with van der Waals surface area (Å²) >= 11 is 1.83. The largest absolute Gasteiger partial charge is 0.374 e. The van der Waals surface area contributed by atoms with E-state index in [-0.39, 0.29) is 5.60 Å². The third-order valence-electron chi connectivity index (χ3n) is 4.57. The summed E-state index contributed by atoms with van der Waals surface area (Å²) in [7, 11) is 2.06. The third kappa shape index (κ3) is 3.41. The predicted molar refractivity (Wildman–Crippen MR) is 85.6 cm³/mol. The number of hydrogen-bond donors (Lipinski definition) is 1. The number of rotatable bonds is 6. The minimum absolute atomic E-state index is 0.00916. The summed E-state index contributed by atoms with van der Waals surface area (Å²) in [4.78, 5) is 6.04. The van der Waals surface area contributed by atoms with Crippen LogP contribution in [0.15, 0.2) is 0 Å². The van der Waals surface area contributed by atoms with Crippen molar-refractivity contribution >= 4 is 11.3 Å². The van der Waals surface area contributed by atoms with E-state index < -0.39 is 0 Å². The normalized spacial score (nSPS) is 20.0. The maximum atomic E-state index is 6.25. The highest BCUT2D eigenvalue weighted by Crippen LogP contribution is 2.36. The van der Waals surface area contributed by atoms with Crippen LogP contribution in [-0.2, 0) is 11.2 Å². The number of likely N-dealkylation sites (N-methyl/N-ethyl adjacent to an activating group) is 1. The summed E-state index contributed by atoms with van der Waals surface area (Å²) in [6.45, 7) is 7.17. The molecular formula is C16H28N2OS. The van der Waals surface area contributed by atoms with Gasteiger partial charge in [0.15, 0.2) is 0 Å². The second-order valence-electron chi connectivity index (χ2n) is 5.85. The monoisotopic (exact) mass is 296 g/mol. The first-order chi connectivity index (χ1) is 9.61. The molecule has 1 saturated carbocycles. The Morgan fingerprint density at radius 3 is 2.50 bits per heavy atom. The van der Waals surface area contributed by atoms with Gasteiger partial charge in [0.25, 0.3) is 0 Å². The number of hydrogen-bond acceptors (Lipinski definition) is 4. The molecule has 1 aromatic rings. The van der Waals surface area contributed by atoms with Gasteiger partial charge >= 0.3 is 0 Å². The number of ether oxygens (including phenoxy) is 1. The van der Waals surface area contributed by atoms with E-state index >= 15 is 0 Å². The molecule has 4 heteroatoms. The molecule has 3 nitrogen and oxygen atoms in total. The van der Waals surface area contributed by atoms with Gasteiger partial charge in [-0.25, -0.2) is 4.98 Å². The highest BCUT2D eigenvalue weighted by molar-refractivity contribution is 7.11. The fraction of sp³-hybridized carbons (Fsp3) is 0.812. The third-order valence-corrected chi connectivity index (χ3v) is 5.66. The fourth-order valence-electron chi connectivity index (χ4n) is 3.38. The fourth-order valence-corrected chi connectivity index (χ4v) is 4.36. The van der Waals surface area contributed by atoms with E-state index in [2.05, 4.69) is 33.1 Å². The van der Waals surface area contributed by atoms with Crippen LogP contribution in [0, 0.1) is 13.8 Å². The lowest BCUT2D eigenvalue weighted by Crippen LogP contribution is -2.53. The summed E-state index contributed by atoms with van der Waals surface area (Å²) in [5.74, 6) is 0. The molecule has 1 unspecified atom stereocenters. The molecule has 1 aromatic heterocycles. The van der Waals surface area contributed by atoms with Crippen molar-refractivity contribution in [2.75, 3.05) is 13.7 Å². The lowest BCUT2D eigenvalue weighted by Gasteiger charge is -2.43. The van der Waals surface area contributed by atoms with E-state index in [1.165, 1.54) is 47.7 Å². The molecule has 2 rings (SSSR count). The van der Waals surface area contributed by atoms with Crippen LogP contribution in [-0.4, -0.2) is 30.3 Å². The van der Waals surface area contributed by atoms with Gasteiger partial charge in [0.05, 0.1) is 16.3 Å². The summed E-state index contributed by atoms with van der Waals surface area (Å²) in [5, 5.41) is 4.76. The molecule has 0 aromatic carbocycles. The van der Waals surface area contributed by atoms with E-state index in [4.69, 9.17) is 9.72 Å². The van der Waals surface area contributed by atoms with Crippen LogP contribution < -0.4 is 5.32 Å². The van der Waals surface area contributed by atoms with Gasteiger partial charge in [-0.05, 0) is 40.7 Å². The Morgan fingerprint density at radius 1 is 1.30 bits per heavy atom. The van der Waals surface area contributed by atoms with E-state index in [1.54, 1.807) is 0 Å². The standard InChI is InChI=1S/C16H28N2OS/c1-5-19-16(9-7-6-8-10-16)14(17-4)11-15-18-12(2)13(3)20-15/h14,17H,5-11H2,1-4H3. The molecule has 114 valence electrons. The van der Waals surface area contributed by atoms with Crippen LogP contribution in [0.3, 0.4) is 0 Å². The van der Waals surface area contributed by atoms with Gasteiger partial charge in [0.2, 0.25) is 0 Å². The molecular weight excluding hydrogens is 268 g/mol. The van der Waals surface area contributed by atoms with Crippen LogP contribution in [0.1, 0.15) is 54.6 Å². The first kappa shape index (κ1) is 15.9. The quantitative estimate of drug-likeness (QED) is 0.870. The Bertz CT molecular complexity index is 399. The molecule has 1 N–H and O–H groups in total. The van der Waals surface area contributed by atoms with Crippen molar-refractivity contribution in [2.45, 2.75) is 70.9 Å². The van der Waals surface area contributed by atoms with Crippen molar-refractivity contribution in [1.29, 1.82) is 0 Å². The van der Waals surface area contributed by atoms with Gasteiger partial charge in [0.1, 0.15) is 0 Å². The van der Waals surface area contributed by atoms with Gasteiger partial charge in [-0.15, -0.1) is 11.3 Å². The van der Waals surface area contributed by atoms with Crippen LogP contribution >= 0.6 is 11.3 Å². The number of nitrogens with one attached hydrogen (secondary N) is 1. The number of nitrogens with zero attached hydrogens (tertiary/aromatic N) is 1. The zero-order valence-electron chi connectivity index (χ0n) is 13.3. The molecule has 1 aliphatic rings. The molecule has 0 bridgehead atoms. The Labute approximate surface area is 127 Å². The van der Waals surface area contributed by atoms with E-state index in [0.717, 1.165) is 13.0 Å². The van der Waals surface area contributed by atoms with Crippen molar-refractivity contribution in [1.82, 2.24) is 10.3 Å². The molecule has 0 spiro atoms. The predicted octanol–water partition coefficient (Wildman–Crippen LogP) is 3.63. The lowest BCUT2D eigenvalue weighted by molar-refractivity contribution is -0.0883. The van der Waals surface area contributed by atoms with E-state index in [0.29, 0.717) is 6.04 Å². The second kappa shape index (κ2) is 7.01. The van der Waals surface area contributed by atoms with Crippen LogP contribution in [0.2, 0.25) is 0 Å². The lowest BCUT2D eigenvalue weighted by atomic mass is 9.78. The molecule has 1 heterocycles. The molecule has 20 heavy (non-hydrogen) atoms. The summed E-state index contributed by atoms with van der Waals surface area (Å²) in [6.07, 6.45) is 7.25. The van der Waals surface area contributed by atoms with Crippen molar-refractivity contribution in [3.8, 4) is 0 Å². The molecule has 0 amide bonds.